The Bertz CT molecular complexity index is 467. The number of carbonyl (C=O) groups excluding carboxylic acids is 1. The normalized spacial score (nSPS) is 17.3. The van der Waals surface area contributed by atoms with E-state index in [0.717, 1.165) is 31.2 Å². The highest BCUT2D eigenvalue weighted by atomic mass is 16.4. The highest BCUT2D eigenvalue weighted by molar-refractivity contribution is 5.96. The van der Waals surface area contributed by atoms with E-state index in [1.807, 2.05) is 31.2 Å². The number of benzene rings is 1. The molecule has 3 nitrogen and oxygen atoms in total. The summed E-state index contributed by atoms with van der Waals surface area (Å²) in [6.07, 6.45) is 4.27. The third-order valence-corrected chi connectivity index (χ3v) is 4.10. The van der Waals surface area contributed by atoms with Crippen molar-refractivity contribution < 1.29 is 14.7 Å². The number of hydrogen-bond acceptors (Lipinski definition) is 2. The van der Waals surface area contributed by atoms with E-state index in [2.05, 4.69) is 0 Å². The van der Waals surface area contributed by atoms with Crippen molar-refractivity contribution >= 4 is 11.8 Å². The molecule has 1 aliphatic carbocycles. The first kappa shape index (κ1) is 13.8. The van der Waals surface area contributed by atoms with E-state index in [0.29, 0.717) is 12.0 Å². The predicted octanol–water partition coefficient (Wildman–Crippen LogP) is 3.60. The molecule has 0 heterocycles. The fourth-order valence-electron chi connectivity index (χ4n) is 3.04. The van der Waals surface area contributed by atoms with Gasteiger partial charge in [0.1, 0.15) is 0 Å². The molecule has 2 rings (SSSR count). The van der Waals surface area contributed by atoms with Crippen LogP contribution in [0.3, 0.4) is 0 Å². The van der Waals surface area contributed by atoms with E-state index >= 15 is 0 Å². The molecule has 1 saturated carbocycles. The predicted molar refractivity (Wildman–Crippen MR) is 73.3 cm³/mol. The molecule has 102 valence electrons. The van der Waals surface area contributed by atoms with Crippen LogP contribution in [0.5, 0.6) is 0 Å². The molecule has 3 heteroatoms. The summed E-state index contributed by atoms with van der Waals surface area (Å²) in [7, 11) is 0. The second-order valence-corrected chi connectivity index (χ2v) is 5.74. The van der Waals surface area contributed by atoms with Gasteiger partial charge in [-0.2, -0.15) is 0 Å². The second-order valence-electron chi connectivity index (χ2n) is 5.74. The fourth-order valence-corrected chi connectivity index (χ4v) is 3.04. The first-order valence-electron chi connectivity index (χ1n) is 6.82. The van der Waals surface area contributed by atoms with Gasteiger partial charge in [0.2, 0.25) is 0 Å². The maximum absolute atomic E-state index is 12.3. The Labute approximate surface area is 113 Å². The highest BCUT2D eigenvalue weighted by Crippen LogP contribution is 2.44. The molecule has 1 aromatic carbocycles. The molecule has 19 heavy (non-hydrogen) atoms. The Balaban J connectivity index is 2.11. The summed E-state index contributed by atoms with van der Waals surface area (Å²) >= 11 is 0. The summed E-state index contributed by atoms with van der Waals surface area (Å²) in [4.78, 5) is 23.3. The number of hydrogen-bond donors (Lipinski definition) is 1. The number of aliphatic carboxylic acids is 1. The van der Waals surface area contributed by atoms with Crippen LogP contribution in [-0.2, 0) is 4.79 Å². The topological polar surface area (TPSA) is 54.4 Å². The van der Waals surface area contributed by atoms with Crippen molar-refractivity contribution in [1.82, 2.24) is 0 Å². The number of rotatable bonds is 5. The van der Waals surface area contributed by atoms with Crippen LogP contribution in [0.4, 0.5) is 0 Å². The Morgan fingerprint density at radius 3 is 2.21 bits per heavy atom. The van der Waals surface area contributed by atoms with Crippen LogP contribution in [-0.4, -0.2) is 16.9 Å². The molecule has 1 fully saturated rings. The molecule has 1 N–H and O–H groups in total. The summed E-state index contributed by atoms with van der Waals surface area (Å²) in [5.41, 5.74) is 1.51. The summed E-state index contributed by atoms with van der Waals surface area (Å²) < 4.78 is 0. The van der Waals surface area contributed by atoms with Crippen LogP contribution in [0.2, 0.25) is 0 Å². The summed E-state index contributed by atoms with van der Waals surface area (Å²) in [5, 5.41) is 9.05. The van der Waals surface area contributed by atoms with Crippen LogP contribution < -0.4 is 0 Å². The van der Waals surface area contributed by atoms with E-state index in [4.69, 9.17) is 5.11 Å². The van der Waals surface area contributed by atoms with Crippen LogP contribution in [0.1, 0.15) is 54.4 Å². The van der Waals surface area contributed by atoms with Gasteiger partial charge >= 0.3 is 5.97 Å². The van der Waals surface area contributed by atoms with Crippen LogP contribution in [0.25, 0.3) is 0 Å². The Morgan fingerprint density at radius 2 is 1.68 bits per heavy atom. The van der Waals surface area contributed by atoms with Crippen molar-refractivity contribution in [2.75, 3.05) is 0 Å². The third-order valence-electron chi connectivity index (χ3n) is 4.10. The lowest BCUT2D eigenvalue weighted by Crippen LogP contribution is -2.24. The average molecular weight is 260 g/mol. The smallest absolute Gasteiger partial charge is 0.303 e. The quantitative estimate of drug-likeness (QED) is 0.823. The average Bonchev–Trinajstić information content (AvgIpc) is 2.77. The Morgan fingerprint density at radius 1 is 1.11 bits per heavy atom. The van der Waals surface area contributed by atoms with Gasteiger partial charge in [-0.25, -0.2) is 0 Å². The largest absolute Gasteiger partial charge is 0.481 e. The number of carboxylic acid groups (broad SMARTS) is 1. The van der Waals surface area contributed by atoms with Crippen molar-refractivity contribution in [2.24, 2.45) is 5.41 Å². The molecule has 0 aliphatic heterocycles. The lowest BCUT2D eigenvalue weighted by Gasteiger charge is -2.26. The SMILES string of the molecule is Cc1ccc(C(=O)CC2(CC(=O)O)CCCC2)cc1. The molecular weight excluding hydrogens is 240 g/mol. The molecule has 0 atom stereocenters. The first-order chi connectivity index (χ1) is 9.01. The van der Waals surface area contributed by atoms with Crippen LogP contribution in [0.15, 0.2) is 24.3 Å². The van der Waals surface area contributed by atoms with Crippen molar-refractivity contribution in [3.05, 3.63) is 35.4 Å². The van der Waals surface area contributed by atoms with Gasteiger partial charge in [0, 0.05) is 12.0 Å². The number of carbonyl (C=O) groups is 2. The maximum atomic E-state index is 12.3. The van der Waals surface area contributed by atoms with Gasteiger partial charge in [-0.05, 0) is 25.2 Å². The lowest BCUT2D eigenvalue weighted by atomic mass is 9.77. The van der Waals surface area contributed by atoms with Crippen molar-refractivity contribution in [1.29, 1.82) is 0 Å². The summed E-state index contributed by atoms with van der Waals surface area (Å²) in [6, 6.07) is 7.51. The van der Waals surface area contributed by atoms with E-state index < -0.39 is 5.97 Å². The number of carboxylic acids is 1. The van der Waals surface area contributed by atoms with Gasteiger partial charge in [0.25, 0.3) is 0 Å². The highest BCUT2D eigenvalue weighted by Gasteiger charge is 2.37. The fraction of sp³-hybridized carbons (Fsp3) is 0.500. The monoisotopic (exact) mass is 260 g/mol. The minimum Gasteiger partial charge on any atom is -0.481 e. The van der Waals surface area contributed by atoms with Gasteiger partial charge in [-0.3, -0.25) is 9.59 Å². The summed E-state index contributed by atoms with van der Waals surface area (Å²) in [5.74, 6) is -0.721. The number of Topliss-reactive ketones (excluding diaryl/α,β-unsaturated/α-hetero) is 1. The van der Waals surface area contributed by atoms with E-state index in [1.54, 1.807) is 0 Å². The number of ketones is 1. The minimum absolute atomic E-state index is 0.0724. The third kappa shape index (κ3) is 3.43. The molecule has 0 saturated heterocycles. The van der Waals surface area contributed by atoms with E-state index in [-0.39, 0.29) is 17.6 Å². The zero-order valence-corrected chi connectivity index (χ0v) is 11.3. The van der Waals surface area contributed by atoms with E-state index in [9.17, 15) is 9.59 Å². The van der Waals surface area contributed by atoms with Gasteiger partial charge in [-0.1, -0.05) is 42.7 Å². The van der Waals surface area contributed by atoms with Gasteiger partial charge < -0.3 is 5.11 Å². The number of aryl methyl sites for hydroxylation is 1. The molecule has 0 amide bonds. The Hall–Kier alpha value is -1.64. The van der Waals surface area contributed by atoms with Gasteiger partial charge in [0.05, 0.1) is 6.42 Å². The first-order valence-corrected chi connectivity index (χ1v) is 6.82. The van der Waals surface area contributed by atoms with E-state index in [1.165, 1.54) is 0 Å². The molecule has 0 unspecified atom stereocenters. The second kappa shape index (κ2) is 5.55. The molecular formula is C16H20O3. The molecule has 0 spiro atoms. The van der Waals surface area contributed by atoms with Crippen LogP contribution >= 0.6 is 0 Å². The standard InChI is InChI=1S/C16H20O3/c1-12-4-6-13(7-5-12)14(17)10-16(11-15(18)19)8-2-3-9-16/h4-7H,2-3,8-11H2,1H3,(H,18,19). The zero-order valence-electron chi connectivity index (χ0n) is 11.3. The molecule has 1 aliphatic rings. The Kier molecular flexibility index (Phi) is 4.03. The zero-order chi connectivity index (χ0) is 13.9. The molecule has 0 bridgehead atoms. The van der Waals surface area contributed by atoms with Gasteiger partial charge in [-0.15, -0.1) is 0 Å². The van der Waals surface area contributed by atoms with Crippen LogP contribution in [0, 0.1) is 12.3 Å². The summed E-state index contributed by atoms with van der Waals surface area (Å²) in [6.45, 7) is 1.98. The minimum atomic E-state index is -0.793. The lowest BCUT2D eigenvalue weighted by molar-refractivity contribution is -0.139. The molecule has 1 aromatic rings. The van der Waals surface area contributed by atoms with Gasteiger partial charge in [0.15, 0.2) is 5.78 Å². The molecule has 0 aromatic heterocycles. The van der Waals surface area contributed by atoms with Crippen molar-refractivity contribution in [2.45, 2.75) is 45.4 Å². The van der Waals surface area contributed by atoms with Crippen molar-refractivity contribution in [3.63, 3.8) is 0 Å². The van der Waals surface area contributed by atoms with Crippen molar-refractivity contribution in [3.8, 4) is 0 Å². The maximum Gasteiger partial charge on any atom is 0.303 e. The molecule has 0 radical (unpaired) electrons.